The van der Waals surface area contributed by atoms with Gasteiger partial charge in [0.15, 0.2) is 17.2 Å². The van der Waals surface area contributed by atoms with Crippen molar-refractivity contribution in [2.24, 2.45) is 0 Å². The molecule has 7 rings (SSSR count). The molecule has 0 aliphatic heterocycles. The molecule has 3 amide bonds. The maximum Gasteiger partial charge on any atom is 0.408 e. The quantitative estimate of drug-likeness (QED) is 0.0797. The molecule has 0 fully saturated rings. The van der Waals surface area contributed by atoms with Gasteiger partial charge in [-0.3, -0.25) is 9.59 Å². The van der Waals surface area contributed by atoms with E-state index in [0.29, 0.717) is 38.3 Å². The molecule has 0 heterocycles. The van der Waals surface area contributed by atoms with Crippen LogP contribution >= 0.6 is 39.1 Å². The number of phenolic OH excluding ortho intramolecular Hbond substituents is 1. The van der Waals surface area contributed by atoms with Gasteiger partial charge in [-0.2, -0.15) is 0 Å². The van der Waals surface area contributed by atoms with E-state index in [4.69, 9.17) is 42.1 Å². The number of alkyl carbamates (subject to hydrolysis) is 1. The number of phenols is 1. The molecule has 0 aromatic heterocycles. The van der Waals surface area contributed by atoms with Gasteiger partial charge in [0.05, 0.1) is 49.2 Å². The summed E-state index contributed by atoms with van der Waals surface area (Å²) in [5.74, 6) is -0.766. The number of hydrogen-bond donors (Lipinski definition) is 4. The summed E-state index contributed by atoms with van der Waals surface area (Å²) in [6.07, 6.45) is -0.872. The lowest BCUT2D eigenvalue weighted by atomic mass is 9.96. The molecule has 6 aromatic rings. The van der Waals surface area contributed by atoms with Crippen LogP contribution in [-0.4, -0.2) is 50.4 Å². The summed E-state index contributed by atoms with van der Waals surface area (Å²) in [6, 6.07) is 34.9. The third-order valence-electron chi connectivity index (χ3n) is 10.4. The topological polar surface area (TPSA) is 144 Å². The Labute approximate surface area is 377 Å². The molecular formula is C48H42BrCl2N3O8. The van der Waals surface area contributed by atoms with Gasteiger partial charge >= 0.3 is 6.09 Å². The van der Waals surface area contributed by atoms with Crippen molar-refractivity contribution in [1.29, 1.82) is 0 Å². The summed E-state index contributed by atoms with van der Waals surface area (Å²) in [5.41, 5.74) is 7.63. The van der Waals surface area contributed by atoms with Gasteiger partial charge < -0.3 is 40.0 Å². The van der Waals surface area contributed by atoms with Gasteiger partial charge in [0.1, 0.15) is 12.6 Å². The van der Waals surface area contributed by atoms with Gasteiger partial charge in [0.2, 0.25) is 11.8 Å². The van der Waals surface area contributed by atoms with E-state index in [1.54, 1.807) is 18.2 Å². The van der Waals surface area contributed by atoms with Gasteiger partial charge in [0.25, 0.3) is 0 Å². The van der Waals surface area contributed by atoms with Crippen molar-refractivity contribution in [1.82, 2.24) is 10.6 Å². The maximum atomic E-state index is 14.7. The number of amides is 3. The van der Waals surface area contributed by atoms with Gasteiger partial charge in [-0.25, -0.2) is 4.79 Å². The zero-order chi connectivity index (χ0) is 43.9. The van der Waals surface area contributed by atoms with Crippen molar-refractivity contribution < 1.29 is 38.4 Å². The highest BCUT2D eigenvalue weighted by atomic mass is 79.9. The Morgan fingerprint density at radius 2 is 1.40 bits per heavy atom. The van der Waals surface area contributed by atoms with E-state index in [-0.39, 0.29) is 53.0 Å². The normalized spacial score (nSPS) is 12.7. The molecule has 0 radical (unpaired) electrons. The molecule has 4 N–H and O–H groups in total. The van der Waals surface area contributed by atoms with Crippen LogP contribution in [0.3, 0.4) is 0 Å². The average Bonchev–Trinajstić information content (AvgIpc) is 3.59. The number of carbonyl (C=O) groups is 3. The Kier molecular flexibility index (Phi) is 14.0. The second-order valence-corrected chi connectivity index (χ2v) is 16.1. The SMILES string of the molecule is COc1cc([C@H](COCc2ccccc2)NC(=O)[C@H](NC(=O)OCC2c3ccccc3-c3ccccc32)c2cc(Cl)c(O)c(Cl)c2)cc(-c2ccc(Br)c(NC(C)=O)c2)c1OC. The molecule has 0 unspecified atom stereocenters. The number of benzene rings is 6. The fourth-order valence-corrected chi connectivity index (χ4v) is 8.38. The van der Waals surface area contributed by atoms with Crippen molar-refractivity contribution in [3.8, 4) is 39.5 Å². The predicted molar refractivity (Wildman–Crippen MR) is 243 cm³/mol. The van der Waals surface area contributed by atoms with Crippen LogP contribution in [0.2, 0.25) is 10.0 Å². The van der Waals surface area contributed by atoms with Crippen LogP contribution < -0.4 is 25.4 Å². The summed E-state index contributed by atoms with van der Waals surface area (Å²) in [5, 5.41) is 18.8. The Morgan fingerprint density at radius 1 is 0.758 bits per heavy atom. The minimum atomic E-state index is -1.41. The van der Waals surface area contributed by atoms with Crippen molar-refractivity contribution in [2.75, 3.05) is 32.8 Å². The van der Waals surface area contributed by atoms with Crippen LogP contribution in [0.25, 0.3) is 22.3 Å². The fraction of sp³-hybridized carbons (Fsp3) is 0.188. The van der Waals surface area contributed by atoms with Crippen LogP contribution in [-0.2, 0) is 25.7 Å². The Hall–Kier alpha value is -6.05. The minimum absolute atomic E-state index is 0.00460. The molecule has 0 bridgehead atoms. The minimum Gasteiger partial charge on any atom is -0.505 e. The first-order valence-corrected chi connectivity index (χ1v) is 21.1. The number of rotatable bonds is 15. The number of aromatic hydroxyl groups is 1. The summed E-state index contributed by atoms with van der Waals surface area (Å²) in [7, 11) is 3.02. The Bertz CT molecular complexity index is 2560. The molecule has 11 nitrogen and oxygen atoms in total. The Morgan fingerprint density at radius 3 is 2.03 bits per heavy atom. The molecule has 1 aliphatic rings. The highest BCUT2D eigenvalue weighted by Gasteiger charge is 2.32. The van der Waals surface area contributed by atoms with E-state index < -0.39 is 24.1 Å². The van der Waals surface area contributed by atoms with Crippen LogP contribution in [0.5, 0.6) is 17.2 Å². The lowest BCUT2D eigenvalue weighted by molar-refractivity contribution is -0.124. The lowest BCUT2D eigenvalue weighted by Gasteiger charge is -2.26. The highest BCUT2D eigenvalue weighted by molar-refractivity contribution is 9.10. The third-order valence-corrected chi connectivity index (χ3v) is 11.7. The molecule has 6 aromatic carbocycles. The summed E-state index contributed by atoms with van der Waals surface area (Å²) >= 11 is 16.3. The first kappa shape index (κ1) is 44.0. The van der Waals surface area contributed by atoms with Crippen LogP contribution in [0.1, 0.15) is 52.7 Å². The third kappa shape index (κ3) is 9.85. The van der Waals surface area contributed by atoms with Crippen LogP contribution in [0, 0.1) is 0 Å². The van der Waals surface area contributed by atoms with Crippen molar-refractivity contribution in [2.45, 2.75) is 31.5 Å². The maximum absolute atomic E-state index is 14.7. The number of ether oxygens (including phenoxy) is 4. The molecule has 0 saturated carbocycles. The van der Waals surface area contributed by atoms with Gasteiger partial charge in [-0.05, 0) is 96.8 Å². The van der Waals surface area contributed by atoms with Crippen molar-refractivity contribution in [3.63, 3.8) is 0 Å². The number of methoxy groups -OCH3 is 2. The number of fused-ring (bicyclic) bond motifs is 3. The predicted octanol–water partition coefficient (Wildman–Crippen LogP) is 10.8. The molecular weight excluding hydrogens is 897 g/mol. The smallest absolute Gasteiger partial charge is 0.408 e. The number of anilines is 1. The van der Waals surface area contributed by atoms with Crippen molar-refractivity contribution >= 4 is 62.7 Å². The molecule has 0 spiro atoms. The summed E-state index contributed by atoms with van der Waals surface area (Å²) < 4.78 is 24.4. The van der Waals surface area contributed by atoms with Gasteiger partial charge in [0, 0.05) is 22.9 Å². The molecule has 2 atom stereocenters. The first-order valence-electron chi connectivity index (χ1n) is 19.5. The molecule has 62 heavy (non-hydrogen) atoms. The van der Waals surface area contributed by atoms with E-state index in [1.807, 2.05) is 91.0 Å². The van der Waals surface area contributed by atoms with E-state index in [0.717, 1.165) is 27.8 Å². The molecule has 318 valence electrons. The number of hydrogen-bond acceptors (Lipinski definition) is 8. The van der Waals surface area contributed by atoms with E-state index in [2.05, 4.69) is 31.9 Å². The fourth-order valence-electron chi connectivity index (χ4n) is 7.53. The lowest BCUT2D eigenvalue weighted by Crippen LogP contribution is -2.43. The zero-order valence-electron chi connectivity index (χ0n) is 33.8. The highest BCUT2D eigenvalue weighted by Crippen LogP contribution is 2.45. The van der Waals surface area contributed by atoms with Crippen LogP contribution in [0.15, 0.2) is 126 Å². The standard InChI is InChI=1S/C48H42BrCl2N3O8/c1-27(55)52-41-22-29(17-18-38(41)49)36-19-30(23-43(59-2)46(36)60-3)42(26-61-24-28-11-5-4-6-12-28)53-47(57)44(31-20-39(50)45(56)40(51)21-31)54-48(58)62-25-37-34-15-9-7-13-32(34)33-14-8-10-16-35(33)37/h4-23,37,42,44,56H,24-26H2,1-3H3,(H,52,55)(H,53,57)(H,54,58)/t42-,44+/m0/s1. The van der Waals surface area contributed by atoms with Crippen molar-refractivity contribution in [3.05, 3.63) is 164 Å². The second-order valence-electron chi connectivity index (χ2n) is 14.5. The zero-order valence-corrected chi connectivity index (χ0v) is 36.9. The molecule has 1 aliphatic carbocycles. The van der Waals surface area contributed by atoms with E-state index in [1.165, 1.54) is 33.3 Å². The average molecular weight is 940 g/mol. The van der Waals surface area contributed by atoms with E-state index >= 15 is 0 Å². The molecule has 14 heteroatoms. The number of carbonyl (C=O) groups excluding carboxylic acids is 3. The largest absolute Gasteiger partial charge is 0.505 e. The number of halogens is 3. The monoisotopic (exact) mass is 937 g/mol. The van der Waals surface area contributed by atoms with Crippen LogP contribution in [0.4, 0.5) is 10.5 Å². The molecule has 0 saturated heterocycles. The first-order chi connectivity index (χ1) is 29.9. The second kappa shape index (κ2) is 19.8. The summed E-state index contributed by atoms with van der Waals surface area (Å²) in [4.78, 5) is 40.6. The van der Waals surface area contributed by atoms with Gasteiger partial charge in [-0.15, -0.1) is 0 Å². The van der Waals surface area contributed by atoms with Gasteiger partial charge in [-0.1, -0.05) is 108 Å². The summed E-state index contributed by atoms with van der Waals surface area (Å²) in [6.45, 7) is 1.61. The Balaban J connectivity index is 1.22. The number of nitrogens with one attached hydrogen (secondary N) is 3. The van der Waals surface area contributed by atoms with E-state index in [9.17, 15) is 19.5 Å².